The number of pyridine rings is 1. The van der Waals surface area contributed by atoms with Crippen molar-refractivity contribution in [1.29, 1.82) is 0 Å². The van der Waals surface area contributed by atoms with E-state index < -0.39 is 5.91 Å². The summed E-state index contributed by atoms with van der Waals surface area (Å²) in [6.45, 7) is 0. The van der Waals surface area contributed by atoms with Crippen LogP contribution in [0.5, 0.6) is 0 Å². The Morgan fingerprint density at radius 1 is 1.33 bits per heavy atom. The fraction of sp³-hybridized carbons (Fsp3) is 0. The van der Waals surface area contributed by atoms with Crippen molar-refractivity contribution in [2.75, 3.05) is 0 Å². The molecule has 0 spiro atoms. The second kappa shape index (κ2) is 3.92. The van der Waals surface area contributed by atoms with Gasteiger partial charge in [0.1, 0.15) is 0 Å². The first-order valence-corrected chi connectivity index (χ1v) is 4.58. The average Bonchev–Trinajstić information content (AvgIpc) is 2.26. The van der Waals surface area contributed by atoms with Crippen LogP contribution in [0.3, 0.4) is 0 Å². The number of fused-ring (bicyclic) bond motifs is 1. The predicted octanol–water partition coefficient (Wildman–Crippen LogP) is 1.73. The van der Waals surface area contributed by atoms with Gasteiger partial charge >= 0.3 is 0 Å². The minimum absolute atomic E-state index is 0.455. The first-order valence-electron chi connectivity index (χ1n) is 4.58. The first-order chi connectivity index (χ1) is 7.25. The van der Waals surface area contributed by atoms with Crippen molar-refractivity contribution >= 4 is 22.9 Å². The molecule has 74 valence electrons. The van der Waals surface area contributed by atoms with Crippen LogP contribution in [0.2, 0.25) is 0 Å². The van der Waals surface area contributed by atoms with E-state index in [-0.39, 0.29) is 0 Å². The third-order valence-corrected chi connectivity index (χ3v) is 2.05. The Kier molecular flexibility index (Phi) is 2.46. The predicted molar refractivity (Wildman–Crippen MR) is 60.0 cm³/mol. The number of nitrogens with zero attached hydrogens (tertiary/aromatic N) is 1. The molecule has 1 aromatic carbocycles. The van der Waals surface area contributed by atoms with Gasteiger partial charge in [0.25, 0.3) is 0 Å². The molecule has 1 aromatic heterocycles. The van der Waals surface area contributed by atoms with E-state index in [4.69, 9.17) is 5.73 Å². The van der Waals surface area contributed by atoms with Crippen molar-refractivity contribution in [2.24, 2.45) is 5.73 Å². The number of hydrogen-bond acceptors (Lipinski definition) is 2. The monoisotopic (exact) mass is 198 g/mol. The summed E-state index contributed by atoms with van der Waals surface area (Å²) in [6.07, 6.45) is 4.69. The van der Waals surface area contributed by atoms with Crippen molar-refractivity contribution in [3.63, 3.8) is 0 Å². The van der Waals surface area contributed by atoms with Gasteiger partial charge in [-0.3, -0.25) is 9.78 Å². The molecule has 1 amide bonds. The highest BCUT2D eigenvalue weighted by molar-refractivity contribution is 5.91. The number of primary amides is 1. The number of carbonyl (C=O) groups excluding carboxylic acids is 1. The third-order valence-electron chi connectivity index (χ3n) is 2.05. The Morgan fingerprint density at radius 3 is 2.93 bits per heavy atom. The molecule has 1 heterocycles. The van der Waals surface area contributed by atoms with E-state index in [1.807, 2.05) is 30.3 Å². The smallest absolute Gasteiger partial charge is 0.241 e. The van der Waals surface area contributed by atoms with Crippen LogP contribution < -0.4 is 5.73 Å². The number of hydrogen-bond donors (Lipinski definition) is 1. The fourth-order valence-electron chi connectivity index (χ4n) is 1.36. The van der Waals surface area contributed by atoms with Crippen LogP contribution in [-0.4, -0.2) is 10.9 Å². The molecule has 3 heteroatoms. The van der Waals surface area contributed by atoms with Crippen LogP contribution in [-0.2, 0) is 4.79 Å². The number of rotatable bonds is 2. The zero-order chi connectivity index (χ0) is 10.7. The van der Waals surface area contributed by atoms with Crippen LogP contribution >= 0.6 is 0 Å². The normalized spacial score (nSPS) is 10.9. The van der Waals surface area contributed by atoms with Gasteiger partial charge in [-0.05, 0) is 23.8 Å². The van der Waals surface area contributed by atoms with E-state index in [0.717, 1.165) is 16.5 Å². The number of para-hydroxylation sites is 1. The van der Waals surface area contributed by atoms with Gasteiger partial charge in [-0.2, -0.15) is 0 Å². The molecule has 2 rings (SSSR count). The van der Waals surface area contributed by atoms with E-state index in [1.165, 1.54) is 6.08 Å². The molecule has 0 aliphatic rings. The summed E-state index contributed by atoms with van der Waals surface area (Å²) in [5, 5.41) is 1.05. The minimum Gasteiger partial charge on any atom is -0.366 e. The Balaban J connectivity index is 2.43. The van der Waals surface area contributed by atoms with Crippen molar-refractivity contribution in [3.8, 4) is 0 Å². The second-order valence-electron chi connectivity index (χ2n) is 3.20. The molecule has 0 saturated heterocycles. The van der Waals surface area contributed by atoms with Crippen molar-refractivity contribution in [3.05, 3.63) is 48.2 Å². The summed E-state index contributed by atoms with van der Waals surface area (Å²) in [6, 6.07) is 9.77. The Labute approximate surface area is 87.2 Å². The zero-order valence-electron chi connectivity index (χ0n) is 8.05. The molecule has 3 nitrogen and oxygen atoms in total. The quantitative estimate of drug-likeness (QED) is 0.747. The van der Waals surface area contributed by atoms with Gasteiger partial charge in [-0.15, -0.1) is 0 Å². The topological polar surface area (TPSA) is 56.0 Å². The molecule has 0 saturated carbocycles. The molecule has 0 aliphatic carbocycles. The van der Waals surface area contributed by atoms with E-state index in [1.54, 1.807) is 12.3 Å². The summed E-state index contributed by atoms with van der Waals surface area (Å²) in [5.41, 5.74) is 6.81. The lowest BCUT2D eigenvalue weighted by molar-refractivity contribution is -0.113. The van der Waals surface area contributed by atoms with E-state index in [9.17, 15) is 4.79 Å². The molecule has 2 aromatic rings. The van der Waals surface area contributed by atoms with Crippen molar-refractivity contribution in [2.45, 2.75) is 0 Å². The maximum Gasteiger partial charge on any atom is 0.241 e. The van der Waals surface area contributed by atoms with Crippen molar-refractivity contribution in [1.82, 2.24) is 4.98 Å². The summed E-state index contributed by atoms with van der Waals surface area (Å²) in [5.74, 6) is -0.455. The molecular weight excluding hydrogens is 188 g/mol. The van der Waals surface area contributed by atoms with Crippen LogP contribution in [0, 0.1) is 0 Å². The Hall–Kier alpha value is -2.16. The van der Waals surface area contributed by atoms with Gasteiger partial charge in [-0.25, -0.2) is 0 Å². The van der Waals surface area contributed by atoms with Gasteiger partial charge in [0, 0.05) is 17.7 Å². The number of aromatic nitrogens is 1. The molecule has 0 unspecified atom stereocenters. The standard InChI is InChI=1S/C12H10N2O/c13-12(15)6-5-9-7-10-3-1-2-4-11(10)14-8-9/h1-8H,(H2,13,15)/b6-5+. The molecule has 2 N–H and O–H groups in total. The molecule has 0 radical (unpaired) electrons. The van der Waals surface area contributed by atoms with E-state index in [0.29, 0.717) is 0 Å². The molecular formula is C12H10N2O. The number of benzene rings is 1. The lowest BCUT2D eigenvalue weighted by atomic mass is 10.1. The van der Waals surface area contributed by atoms with Crippen LogP contribution in [0.15, 0.2) is 42.6 Å². The first kappa shape index (κ1) is 9.40. The average molecular weight is 198 g/mol. The van der Waals surface area contributed by atoms with Gasteiger partial charge in [-0.1, -0.05) is 18.2 Å². The Morgan fingerprint density at radius 2 is 2.13 bits per heavy atom. The van der Waals surface area contributed by atoms with Crippen LogP contribution in [0.25, 0.3) is 17.0 Å². The summed E-state index contributed by atoms with van der Waals surface area (Å²) >= 11 is 0. The minimum atomic E-state index is -0.455. The third kappa shape index (κ3) is 2.20. The summed E-state index contributed by atoms with van der Waals surface area (Å²) in [7, 11) is 0. The van der Waals surface area contributed by atoms with E-state index >= 15 is 0 Å². The molecule has 0 aliphatic heterocycles. The molecule has 0 bridgehead atoms. The second-order valence-corrected chi connectivity index (χ2v) is 3.20. The van der Waals surface area contributed by atoms with Gasteiger partial charge < -0.3 is 5.73 Å². The summed E-state index contributed by atoms with van der Waals surface area (Å²) in [4.78, 5) is 14.8. The molecule has 0 atom stereocenters. The molecule has 15 heavy (non-hydrogen) atoms. The largest absolute Gasteiger partial charge is 0.366 e. The van der Waals surface area contributed by atoms with Crippen LogP contribution in [0.1, 0.15) is 5.56 Å². The lowest BCUT2D eigenvalue weighted by Crippen LogP contribution is -2.05. The molecule has 0 fully saturated rings. The van der Waals surface area contributed by atoms with Crippen LogP contribution in [0.4, 0.5) is 0 Å². The number of nitrogens with two attached hydrogens (primary N) is 1. The SMILES string of the molecule is NC(=O)/C=C/c1cnc2ccccc2c1. The maximum absolute atomic E-state index is 10.6. The fourth-order valence-corrected chi connectivity index (χ4v) is 1.36. The zero-order valence-corrected chi connectivity index (χ0v) is 8.05. The Bertz CT molecular complexity index is 532. The lowest BCUT2D eigenvalue weighted by Gasteiger charge is -1.97. The highest BCUT2D eigenvalue weighted by Gasteiger charge is 1.94. The van der Waals surface area contributed by atoms with Gasteiger partial charge in [0.05, 0.1) is 5.52 Å². The number of carbonyl (C=O) groups is 1. The van der Waals surface area contributed by atoms with E-state index in [2.05, 4.69) is 4.98 Å². The van der Waals surface area contributed by atoms with Crippen molar-refractivity contribution < 1.29 is 4.79 Å². The number of amides is 1. The highest BCUT2D eigenvalue weighted by Crippen LogP contribution is 2.13. The highest BCUT2D eigenvalue weighted by atomic mass is 16.1. The summed E-state index contributed by atoms with van der Waals surface area (Å²) < 4.78 is 0. The van der Waals surface area contributed by atoms with Gasteiger partial charge in [0.2, 0.25) is 5.91 Å². The van der Waals surface area contributed by atoms with Gasteiger partial charge in [0.15, 0.2) is 0 Å². The maximum atomic E-state index is 10.6.